The Bertz CT molecular complexity index is 1010. The topological polar surface area (TPSA) is 107 Å². The molecule has 0 spiro atoms. The summed E-state index contributed by atoms with van der Waals surface area (Å²) in [6.45, 7) is 1.65. The van der Waals surface area contributed by atoms with E-state index in [0.29, 0.717) is 17.0 Å². The second-order valence-electron chi connectivity index (χ2n) is 5.17. The highest BCUT2D eigenvalue weighted by molar-refractivity contribution is 7.94. The van der Waals surface area contributed by atoms with Crippen LogP contribution in [0.15, 0.2) is 69.0 Å². The van der Waals surface area contributed by atoms with Crippen LogP contribution in [-0.4, -0.2) is 24.9 Å². The van der Waals surface area contributed by atoms with Gasteiger partial charge in [-0.3, -0.25) is 10.1 Å². The lowest BCUT2D eigenvalue weighted by atomic mass is 10.2. The maximum Gasteiger partial charge on any atom is 0.202 e. The van der Waals surface area contributed by atoms with Gasteiger partial charge in [-0.15, -0.1) is 0 Å². The third-order valence-corrected chi connectivity index (χ3v) is 4.55. The number of aryl methyl sites for hydroxylation is 1. The molecule has 0 atom stereocenters. The molecule has 128 valence electrons. The molecule has 0 fully saturated rings. The Morgan fingerprint density at radius 3 is 2.52 bits per heavy atom. The molecule has 0 aliphatic rings. The zero-order valence-corrected chi connectivity index (χ0v) is 14.0. The molecule has 8 heteroatoms. The molecule has 1 heterocycles. The van der Waals surface area contributed by atoms with E-state index in [1.54, 1.807) is 43.3 Å². The lowest BCUT2D eigenvalue weighted by molar-refractivity contribution is 0.401. The minimum atomic E-state index is -3.88. The van der Waals surface area contributed by atoms with Gasteiger partial charge in [-0.1, -0.05) is 12.1 Å². The van der Waals surface area contributed by atoms with E-state index in [4.69, 9.17) is 4.52 Å². The average molecular weight is 356 g/mol. The summed E-state index contributed by atoms with van der Waals surface area (Å²) >= 11 is 0. The first-order valence-electron chi connectivity index (χ1n) is 7.27. The van der Waals surface area contributed by atoms with Crippen molar-refractivity contribution in [2.24, 2.45) is 4.99 Å². The zero-order chi connectivity index (χ0) is 17.9. The molecule has 25 heavy (non-hydrogen) atoms. The quantitative estimate of drug-likeness (QED) is 0.699. The van der Waals surface area contributed by atoms with Crippen molar-refractivity contribution in [3.8, 4) is 5.75 Å². The largest absolute Gasteiger partial charge is 0.507 e. The van der Waals surface area contributed by atoms with Crippen LogP contribution in [0.4, 0.5) is 11.5 Å². The molecule has 1 aromatic heterocycles. The minimum Gasteiger partial charge on any atom is -0.507 e. The van der Waals surface area contributed by atoms with Crippen LogP contribution in [0, 0.1) is 6.92 Å². The fourth-order valence-corrected chi connectivity index (χ4v) is 2.93. The molecule has 3 rings (SSSR count). The number of rotatable bonds is 5. The molecular weight excluding hydrogens is 342 g/mol. The number of para-hydroxylation sites is 1. The summed E-state index contributed by atoms with van der Waals surface area (Å²) in [5.74, 6) is 0.592. The normalized spacial score (nSPS) is 11.7. The van der Waals surface area contributed by atoms with Crippen molar-refractivity contribution in [3.63, 3.8) is 0 Å². The lowest BCUT2D eigenvalue weighted by Crippen LogP contribution is -1.97. The zero-order valence-electron chi connectivity index (χ0n) is 13.2. The molecule has 2 aromatic carbocycles. The van der Waals surface area contributed by atoms with E-state index in [2.05, 4.69) is 14.9 Å². The van der Waals surface area contributed by atoms with Gasteiger partial charge in [0.2, 0.25) is 10.0 Å². The molecule has 0 radical (unpaired) electrons. The van der Waals surface area contributed by atoms with Crippen molar-refractivity contribution in [3.05, 3.63) is 70.6 Å². The van der Waals surface area contributed by atoms with Crippen LogP contribution in [0.3, 0.4) is 0 Å². The SMILES string of the molecule is Cc1cc([N-]S(=O)(=O)c2ccc(N=Cc3ccccc3O)cc2)no1. The van der Waals surface area contributed by atoms with E-state index < -0.39 is 10.0 Å². The third-order valence-electron chi connectivity index (χ3n) is 3.25. The summed E-state index contributed by atoms with van der Waals surface area (Å²) < 4.78 is 32.9. The van der Waals surface area contributed by atoms with E-state index in [1.165, 1.54) is 24.4 Å². The molecule has 0 aliphatic carbocycles. The summed E-state index contributed by atoms with van der Waals surface area (Å²) in [5.41, 5.74) is 1.11. The van der Waals surface area contributed by atoms with Gasteiger partial charge >= 0.3 is 0 Å². The number of hydrogen-bond acceptors (Lipinski definition) is 6. The minimum absolute atomic E-state index is 0.000787. The number of benzene rings is 2. The second-order valence-corrected chi connectivity index (χ2v) is 6.78. The summed E-state index contributed by atoms with van der Waals surface area (Å²) in [6, 6.07) is 14.1. The predicted molar refractivity (Wildman–Crippen MR) is 93.2 cm³/mol. The van der Waals surface area contributed by atoms with E-state index in [1.807, 2.05) is 0 Å². The molecule has 0 amide bonds. The Labute approximate surface area is 144 Å². The first-order chi connectivity index (χ1) is 11.9. The fraction of sp³-hybridized carbons (Fsp3) is 0.0588. The smallest absolute Gasteiger partial charge is 0.202 e. The van der Waals surface area contributed by atoms with Crippen molar-refractivity contribution in [2.75, 3.05) is 0 Å². The first-order valence-corrected chi connectivity index (χ1v) is 8.71. The Morgan fingerprint density at radius 1 is 1.16 bits per heavy atom. The van der Waals surface area contributed by atoms with Crippen LogP contribution in [0.5, 0.6) is 5.75 Å². The summed E-state index contributed by atoms with van der Waals surface area (Å²) in [4.78, 5) is 4.23. The molecule has 0 aliphatic heterocycles. The van der Waals surface area contributed by atoms with Gasteiger partial charge in [-0.05, 0) is 55.2 Å². The highest BCUT2D eigenvalue weighted by Gasteiger charge is 2.10. The standard InChI is InChI=1S/C17H14N3O4S/c1-12-10-17(19-24-12)20-25(22,23)15-8-6-14(7-9-15)18-11-13-4-2-3-5-16(13)21/h2-11H,1H3,(H-,18,19,20,21)/q-1. The van der Waals surface area contributed by atoms with E-state index in [0.717, 1.165) is 0 Å². The number of aromatic nitrogens is 1. The van der Waals surface area contributed by atoms with E-state index in [9.17, 15) is 13.5 Å². The Kier molecular flexibility index (Phi) is 4.53. The highest BCUT2D eigenvalue weighted by Crippen LogP contribution is 2.28. The molecule has 7 nitrogen and oxygen atoms in total. The predicted octanol–water partition coefficient (Wildman–Crippen LogP) is 3.83. The fourth-order valence-electron chi connectivity index (χ4n) is 2.02. The van der Waals surface area contributed by atoms with Gasteiger partial charge in [-0.25, -0.2) is 8.42 Å². The molecular formula is C17H14N3O4S-. The maximum atomic E-state index is 12.2. The number of aliphatic imine (C=N–C) groups is 1. The van der Waals surface area contributed by atoms with Gasteiger partial charge in [0, 0.05) is 11.8 Å². The molecule has 0 saturated heterocycles. The summed E-state index contributed by atoms with van der Waals surface area (Å²) in [6.07, 6.45) is 1.50. The van der Waals surface area contributed by atoms with Gasteiger partial charge in [0.05, 0.1) is 10.6 Å². The van der Waals surface area contributed by atoms with Gasteiger partial charge < -0.3 is 14.4 Å². The van der Waals surface area contributed by atoms with Crippen molar-refractivity contribution in [2.45, 2.75) is 11.8 Å². The van der Waals surface area contributed by atoms with Crippen LogP contribution < -0.4 is 0 Å². The van der Waals surface area contributed by atoms with Crippen molar-refractivity contribution >= 4 is 27.7 Å². The number of aromatic hydroxyl groups is 1. The number of nitrogens with zero attached hydrogens (tertiary/aromatic N) is 3. The van der Waals surface area contributed by atoms with Crippen LogP contribution in [0.2, 0.25) is 0 Å². The summed E-state index contributed by atoms with van der Waals surface area (Å²) in [5, 5.41) is 13.2. The van der Waals surface area contributed by atoms with Crippen LogP contribution in [-0.2, 0) is 10.0 Å². The van der Waals surface area contributed by atoms with Crippen molar-refractivity contribution < 1.29 is 18.0 Å². The number of phenolic OH excluding ortho intramolecular Hbond substituents is 1. The Hall–Kier alpha value is -3.13. The monoisotopic (exact) mass is 356 g/mol. The van der Waals surface area contributed by atoms with Gasteiger partial charge in [-0.2, -0.15) is 0 Å². The van der Waals surface area contributed by atoms with Crippen LogP contribution in [0.1, 0.15) is 11.3 Å². The van der Waals surface area contributed by atoms with E-state index in [-0.39, 0.29) is 16.5 Å². The van der Waals surface area contributed by atoms with Gasteiger partial charge in [0.15, 0.2) is 0 Å². The number of hydrogen-bond donors (Lipinski definition) is 1. The van der Waals surface area contributed by atoms with Gasteiger partial charge in [0.1, 0.15) is 11.5 Å². The third kappa shape index (κ3) is 4.04. The number of phenols is 1. The average Bonchev–Trinajstić information content (AvgIpc) is 2.99. The highest BCUT2D eigenvalue weighted by atomic mass is 32.2. The Balaban J connectivity index is 1.76. The van der Waals surface area contributed by atoms with Crippen molar-refractivity contribution in [1.29, 1.82) is 0 Å². The van der Waals surface area contributed by atoms with Crippen LogP contribution >= 0.6 is 0 Å². The van der Waals surface area contributed by atoms with Crippen LogP contribution in [0.25, 0.3) is 4.72 Å². The number of sulfonamides is 1. The second kappa shape index (κ2) is 6.78. The Morgan fingerprint density at radius 2 is 1.88 bits per heavy atom. The maximum absolute atomic E-state index is 12.2. The first kappa shape index (κ1) is 16.7. The molecule has 1 N–H and O–H groups in total. The van der Waals surface area contributed by atoms with Crippen molar-refractivity contribution in [1.82, 2.24) is 5.16 Å². The molecule has 0 unspecified atom stereocenters. The summed E-state index contributed by atoms with van der Waals surface area (Å²) in [7, 11) is -3.88. The van der Waals surface area contributed by atoms with E-state index >= 15 is 0 Å². The molecule has 3 aromatic rings. The molecule has 0 saturated carbocycles. The van der Waals surface area contributed by atoms with Gasteiger partial charge in [0.25, 0.3) is 0 Å². The lowest BCUT2D eigenvalue weighted by Gasteiger charge is -2.11. The molecule has 0 bridgehead atoms.